The first-order chi connectivity index (χ1) is 10.8. The first-order valence-corrected chi connectivity index (χ1v) is 6.45. The number of nitrogens with zero attached hydrogens (tertiary/aromatic N) is 5. The van der Waals surface area contributed by atoms with Gasteiger partial charge in [0.25, 0.3) is 17.7 Å². The first kappa shape index (κ1) is 17.9. The average molecular weight is 327 g/mol. The summed E-state index contributed by atoms with van der Waals surface area (Å²) in [5.41, 5.74) is 8.00. The zero-order chi connectivity index (χ0) is 17.4. The Hall–Kier alpha value is -3.14. The molecule has 0 radical (unpaired) electrons. The van der Waals surface area contributed by atoms with Crippen LogP contribution in [0.15, 0.2) is 5.11 Å². The van der Waals surface area contributed by atoms with Crippen LogP contribution in [-0.2, 0) is 28.9 Å². The van der Waals surface area contributed by atoms with E-state index in [1.54, 1.807) is 0 Å². The van der Waals surface area contributed by atoms with Gasteiger partial charge in [0.2, 0.25) is 0 Å². The Labute approximate surface area is 129 Å². The third-order valence-corrected chi connectivity index (χ3v) is 2.66. The van der Waals surface area contributed by atoms with Crippen LogP contribution in [0.3, 0.4) is 0 Å². The largest absolute Gasteiger partial charge is 0.421 e. The highest BCUT2D eigenvalue weighted by molar-refractivity contribution is 6.01. The Bertz CT molecular complexity index is 567. The van der Waals surface area contributed by atoms with E-state index in [-0.39, 0.29) is 32.1 Å². The highest BCUT2D eigenvalue weighted by Crippen LogP contribution is 2.13. The summed E-state index contributed by atoms with van der Waals surface area (Å²) in [5, 5.41) is 3.59. The Morgan fingerprint density at radius 1 is 1.26 bits per heavy atom. The molecule has 0 aromatic carbocycles. The Balaban J connectivity index is 2.30. The van der Waals surface area contributed by atoms with Crippen molar-refractivity contribution in [2.75, 3.05) is 7.05 Å². The van der Waals surface area contributed by atoms with Crippen molar-refractivity contribution in [3.8, 4) is 0 Å². The second kappa shape index (κ2) is 8.34. The maximum Gasteiger partial charge on any atom is 0.421 e. The molecule has 4 amide bonds. The van der Waals surface area contributed by atoms with Gasteiger partial charge >= 0.3 is 12.1 Å². The second-order valence-corrected chi connectivity index (χ2v) is 4.34. The van der Waals surface area contributed by atoms with Crippen LogP contribution in [0.4, 0.5) is 4.79 Å². The molecule has 0 saturated carbocycles. The van der Waals surface area contributed by atoms with Crippen LogP contribution in [0.2, 0.25) is 0 Å². The molecule has 1 aliphatic heterocycles. The van der Waals surface area contributed by atoms with Gasteiger partial charge in [-0.15, -0.1) is 5.06 Å². The lowest BCUT2D eigenvalue weighted by molar-refractivity contribution is -0.197. The van der Waals surface area contributed by atoms with E-state index in [1.807, 2.05) is 0 Å². The van der Waals surface area contributed by atoms with E-state index in [0.717, 1.165) is 7.05 Å². The van der Waals surface area contributed by atoms with Crippen molar-refractivity contribution in [2.24, 2.45) is 5.11 Å². The van der Waals surface area contributed by atoms with Gasteiger partial charge in [-0.3, -0.25) is 14.4 Å². The molecule has 12 heteroatoms. The monoisotopic (exact) mass is 327 g/mol. The SMILES string of the molecule is CN(OC(=O)N=[N+]=[N-])C(=O)CCCC(=O)ON1C(=O)CCC1=O. The van der Waals surface area contributed by atoms with Crippen molar-refractivity contribution in [1.82, 2.24) is 10.1 Å². The maximum absolute atomic E-state index is 11.6. The van der Waals surface area contributed by atoms with Gasteiger partial charge in [-0.2, -0.15) is 5.06 Å². The summed E-state index contributed by atoms with van der Waals surface area (Å²) in [6.45, 7) is 0. The summed E-state index contributed by atoms with van der Waals surface area (Å²) in [7, 11) is 1.13. The lowest BCUT2D eigenvalue weighted by Crippen LogP contribution is -2.32. The fourth-order valence-corrected chi connectivity index (χ4v) is 1.57. The number of imide groups is 1. The molecule has 0 bridgehead atoms. The van der Waals surface area contributed by atoms with Crippen LogP contribution in [0.25, 0.3) is 10.4 Å². The summed E-state index contributed by atoms with van der Waals surface area (Å²) in [5.74, 6) is -2.67. The molecule has 12 nitrogen and oxygen atoms in total. The second-order valence-electron chi connectivity index (χ2n) is 4.34. The number of rotatable bonds is 5. The van der Waals surface area contributed by atoms with Crippen molar-refractivity contribution in [3.05, 3.63) is 10.4 Å². The highest BCUT2D eigenvalue weighted by atomic mass is 16.7. The molecule has 0 atom stereocenters. The van der Waals surface area contributed by atoms with E-state index < -0.39 is 29.8 Å². The fraction of sp³-hybridized carbons (Fsp3) is 0.545. The van der Waals surface area contributed by atoms with Crippen molar-refractivity contribution < 1.29 is 33.6 Å². The number of hydrogen-bond donors (Lipinski definition) is 0. The van der Waals surface area contributed by atoms with E-state index in [1.165, 1.54) is 0 Å². The molecule has 124 valence electrons. The van der Waals surface area contributed by atoms with Gasteiger partial charge in [-0.25, -0.2) is 9.59 Å². The van der Waals surface area contributed by atoms with Crippen LogP contribution in [0.5, 0.6) is 0 Å². The lowest BCUT2D eigenvalue weighted by Gasteiger charge is -2.15. The molecule has 0 aromatic rings. The van der Waals surface area contributed by atoms with Crippen molar-refractivity contribution in [1.29, 1.82) is 0 Å². The molecular formula is C11H13N5O7. The summed E-state index contributed by atoms with van der Waals surface area (Å²) in [6.07, 6.45) is -1.67. The first-order valence-electron chi connectivity index (χ1n) is 6.45. The quantitative estimate of drug-likeness (QED) is 0.235. The molecule has 23 heavy (non-hydrogen) atoms. The zero-order valence-electron chi connectivity index (χ0n) is 12.1. The molecule has 0 N–H and O–H groups in total. The van der Waals surface area contributed by atoms with Crippen molar-refractivity contribution in [3.63, 3.8) is 0 Å². The lowest BCUT2D eigenvalue weighted by atomic mass is 10.2. The molecule has 1 rings (SSSR count). The Morgan fingerprint density at radius 3 is 2.43 bits per heavy atom. The van der Waals surface area contributed by atoms with E-state index >= 15 is 0 Å². The molecule has 1 saturated heterocycles. The smallest absolute Gasteiger partial charge is 0.332 e. The zero-order valence-corrected chi connectivity index (χ0v) is 12.1. The standard InChI is InChI=1S/C11H13N5O7/c1-15(23-11(21)13-14-12)7(17)3-2-4-10(20)22-16-8(18)5-6-9(16)19/h2-6H2,1H3. The molecule has 1 heterocycles. The fourth-order valence-electron chi connectivity index (χ4n) is 1.57. The summed E-state index contributed by atoms with van der Waals surface area (Å²) in [6, 6.07) is 0. The van der Waals surface area contributed by atoms with Gasteiger partial charge in [-0.1, -0.05) is 0 Å². The maximum atomic E-state index is 11.6. The van der Waals surface area contributed by atoms with E-state index in [0.29, 0.717) is 10.1 Å². The predicted octanol–water partition coefficient (Wildman–Crippen LogP) is 0.584. The minimum Gasteiger partial charge on any atom is -0.332 e. The molecule has 1 fully saturated rings. The molecule has 0 aromatic heterocycles. The van der Waals surface area contributed by atoms with Gasteiger partial charge in [0, 0.05) is 42.8 Å². The number of carbonyl (C=O) groups excluding carboxylic acids is 5. The van der Waals surface area contributed by atoms with Crippen LogP contribution in [-0.4, -0.2) is 47.0 Å². The van der Waals surface area contributed by atoms with Gasteiger partial charge < -0.3 is 9.68 Å². The van der Waals surface area contributed by atoms with Crippen molar-refractivity contribution in [2.45, 2.75) is 32.1 Å². The number of hydrogen-bond acceptors (Lipinski definition) is 7. The van der Waals surface area contributed by atoms with Crippen LogP contribution >= 0.6 is 0 Å². The van der Waals surface area contributed by atoms with Gasteiger partial charge in [-0.05, 0) is 12.0 Å². The molecule has 0 spiro atoms. The van der Waals surface area contributed by atoms with Gasteiger partial charge in [0.1, 0.15) is 0 Å². The van der Waals surface area contributed by atoms with Crippen molar-refractivity contribution >= 4 is 29.8 Å². The molecule has 0 unspecified atom stereocenters. The Kier molecular flexibility index (Phi) is 6.49. The number of amides is 4. The van der Waals surface area contributed by atoms with Crippen LogP contribution < -0.4 is 0 Å². The van der Waals surface area contributed by atoms with E-state index in [2.05, 4.69) is 19.7 Å². The topological polar surface area (TPSA) is 159 Å². The summed E-state index contributed by atoms with van der Waals surface area (Å²) < 4.78 is 0. The molecular weight excluding hydrogens is 314 g/mol. The van der Waals surface area contributed by atoms with E-state index in [9.17, 15) is 24.0 Å². The van der Waals surface area contributed by atoms with Crippen LogP contribution in [0.1, 0.15) is 32.1 Å². The van der Waals surface area contributed by atoms with E-state index in [4.69, 9.17) is 5.53 Å². The van der Waals surface area contributed by atoms with Crippen LogP contribution in [0, 0.1) is 0 Å². The highest BCUT2D eigenvalue weighted by Gasteiger charge is 2.32. The molecule has 1 aliphatic rings. The summed E-state index contributed by atoms with van der Waals surface area (Å²) >= 11 is 0. The average Bonchev–Trinajstić information content (AvgIpc) is 2.79. The Morgan fingerprint density at radius 2 is 1.87 bits per heavy atom. The normalized spacial score (nSPS) is 13.3. The minimum atomic E-state index is -1.30. The minimum absolute atomic E-state index is 0.00800. The third kappa shape index (κ3) is 5.63. The number of hydroxylamine groups is 4. The molecule has 0 aliphatic carbocycles. The third-order valence-electron chi connectivity index (χ3n) is 2.66. The predicted molar refractivity (Wildman–Crippen MR) is 69.4 cm³/mol. The number of carbonyl (C=O) groups is 5. The van der Waals surface area contributed by atoms with Gasteiger partial charge in [0.15, 0.2) is 0 Å². The number of azide groups is 1. The summed E-state index contributed by atoms with van der Waals surface area (Å²) in [4.78, 5) is 67.5. The van der Waals surface area contributed by atoms with Gasteiger partial charge in [0.05, 0.1) is 0 Å².